The van der Waals surface area contributed by atoms with Crippen molar-refractivity contribution in [1.29, 1.82) is 0 Å². The number of rotatable bonds is 0. The summed E-state index contributed by atoms with van der Waals surface area (Å²) in [5.41, 5.74) is 0.494. The maximum absolute atomic E-state index is 12.8. The fourth-order valence-corrected chi connectivity index (χ4v) is 6.06. The molecule has 3 fully saturated rings. The first-order valence-electron chi connectivity index (χ1n) is 8.93. The Morgan fingerprint density at radius 1 is 1.04 bits per heavy atom. The third-order valence-electron chi connectivity index (χ3n) is 7.29. The second-order valence-electron chi connectivity index (χ2n) is 8.49. The Labute approximate surface area is 137 Å². The van der Waals surface area contributed by atoms with E-state index in [0.29, 0.717) is 37.0 Å². The number of hydrogen-bond donors (Lipinski definition) is 1. The third-order valence-corrected chi connectivity index (χ3v) is 7.29. The second kappa shape index (κ2) is 4.78. The van der Waals surface area contributed by atoms with Crippen molar-refractivity contribution in [2.75, 3.05) is 0 Å². The van der Waals surface area contributed by atoms with Crippen molar-refractivity contribution in [2.45, 2.75) is 64.3 Å². The minimum Gasteiger partial charge on any atom is -0.351 e. The minimum absolute atomic E-state index is 0.106. The number of ketones is 2. The van der Waals surface area contributed by atoms with E-state index in [1.54, 1.807) is 6.08 Å². The summed E-state index contributed by atoms with van der Waals surface area (Å²) in [7, 11) is 0. The molecule has 4 rings (SSSR count). The molecule has 23 heavy (non-hydrogen) atoms. The van der Waals surface area contributed by atoms with Gasteiger partial charge in [0.05, 0.1) is 0 Å². The zero-order valence-electron chi connectivity index (χ0n) is 14.0. The van der Waals surface area contributed by atoms with Crippen LogP contribution in [0.5, 0.6) is 0 Å². The fraction of sp³-hybridized carbons (Fsp3) is 0.737. The van der Waals surface area contributed by atoms with Gasteiger partial charge in [-0.3, -0.25) is 14.4 Å². The number of amides is 1. The van der Waals surface area contributed by atoms with Crippen molar-refractivity contribution < 1.29 is 14.4 Å². The van der Waals surface area contributed by atoms with Gasteiger partial charge in [0.25, 0.3) is 0 Å². The standard InChI is InChI=1S/C19H25NO3/c1-18-7-5-11(21)9-15(18)16(22)10-12-13(18)6-8-19(2)14(12)3-4-17(23)20-19/h9,12-14H,3-8,10H2,1-2H3,(H,20,23)/t12-,13+,14+,18-,19+/m1/s1. The number of carbonyl (C=O) groups is 3. The summed E-state index contributed by atoms with van der Waals surface area (Å²) < 4.78 is 0. The zero-order chi connectivity index (χ0) is 16.4. The monoisotopic (exact) mass is 315 g/mol. The summed E-state index contributed by atoms with van der Waals surface area (Å²) in [6.07, 6.45) is 7.05. The molecule has 1 saturated heterocycles. The van der Waals surface area contributed by atoms with Gasteiger partial charge in [-0.1, -0.05) is 6.92 Å². The van der Waals surface area contributed by atoms with Crippen LogP contribution >= 0.6 is 0 Å². The molecule has 0 spiro atoms. The number of Topliss-reactive ketones (excluding diaryl/α,β-unsaturated/α-hetero) is 1. The highest BCUT2D eigenvalue weighted by Gasteiger charge is 2.58. The zero-order valence-corrected chi connectivity index (χ0v) is 14.0. The first-order chi connectivity index (χ1) is 10.8. The normalized spacial score (nSPS) is 46.3. The summed E-state index contributed by atoms with van der Waals surface area (Å²) >= 11 is 0. The predicted octanol–water partition coefficient (Wildman–Crippen LogP) is 2.57. The van der Waals surface area contributed by atoms with Crippen molar-refractivity contribution in [2.24, 2.45) is 23.2 Å². The van der Waals surface area contributed by atoms with Crippen LogP contribution in [-0.4, -0.2) is 23.0 Å². The van der Waals surface area contributed by atoms with Gasteiger partial charge in [0, 0.05) is 30.4 Å². The van der Waals surface area contributed by atoms with E-state index in [2.05, 4.69) is 19.2 Å². The molecule has 1 aliphatic heterocycles. The highest BCUT2D eigenvalue weighted by atomic mass is 16.2. The molecule has 4 nitrogen and oxygen atoms in total. The number of piperidine rings is 1. The average Bonchev–Trinajstić information content (AvgIpc) is 2.48. The van der Waals surface area contributed by atoms with Crippen molar-refractivity contribution in [3.8, 4) is 0 Å². The Bertz CT molecular complexity index is 637. The molecular weight excluding hydrogens is 290 g/mol. The van der Waals surface area contributed by atoms with E-state index < -0.39 is 0 Å². The molecule has 0 radical (unpaired) electrons. The molecule has 0 unspecified atom stereocenters. The maximum Gasteiger partial charge on any atom is 0.220 e. The number of carbonyl (C=O) groups excluding carboxylic acids is 3. The van der Waals surface area contributed by atoms with Gasteiger partial charge in [-0.05, 0) is 61.9 Å². The molecule has 0 aromatic carbocycles. The number of nitrogens with one attached hydrogen (secondary N) is 1. The number of allylic oxidation sites excluding steroid dienone is 2. The van der Waals surface area contributed by atoms with Gasteiger partial charge in [-0.2, -0.15) is 0 Å². The Morgan fingerprint density at radius 3 is 2.61 bits per heavy atom. The molecule has 0 bridgehead atoms. The van der Waals surface area contributed by atoms with Crippen molar-refractivity contribution in [3.05, 3.63) is 11.6 Å². The molecule has 4 aliphatic rings. The first kappa shape index (κ1) is 15.1. The predicted molar refractivity (Wildman–Crippen MR) is 85.5 cm³/mol. The highest BCUT2D eigenvalue weighted by Crippen LogP contribution is 2.59. The van der Waals surface area contributed by atoms with Gasteiger partial charge in [-0.25, -0.2) is 0 Å². The molecule has 1 N–H and O–H groups in total. The van der Waals surface area contributed by atoms with E-state index in [4.69, 9.17) is 0 Å². The van der Waals surface area contributed by atoms with Crippen molar-refractivity contribution in [3.63, 3.8) is 0 Å². The minimum atomic E-state index is -0.154. The lowest BCUT2D eigenvalue weighted by Crippen LogP contribution is -2.63. The number of fused-ring (bicyclic) bond motifs is 5. The second-order valence-corrected chi connectivity index (χ2v) is 8.49. The van der Waals surface area contributed by atoms with Gasteiger partial charge in [-0.15, -0.1) is 0 Å². The van der Waals surface area contributed by atoms with Crippen LogP contribution in [0.3, 0.4) is 0 Å². The summed E-state index contributed by atoms with van der Waals surface area (Å²) in [6.45, 7) is 4.36. The van der Waals surface area contributed by atoms with E-state index in [1.165, 1.54) is 0 Å². The van der Waals surface area contributed by atoms with Crippen LogP contribution in [0.2, 0.25) is 0 Å². The summed E-state index contributed by atoms with van der Waals surface area (Å²) in [5, 5.41) is 3.22. The molecule has 124 valence electrons. The molecule has 0 aromatic heterocycles. The van der Waals surface area contributed by atoms with Gasteiger partial charge in [0.1, 0.15) is 0 Å². The number of hydrogen-bond acceptors (Lipinski definition) is 3. The topological polar surface area (TPSA) is 63.2 Å². The van der Waals surface area contributed by atoms with Crippen LogP contribution in [0.4, 0.5) is 0 Å². The van der Waals surface area contributed by atoms with E-state index in [9.17, 15) is 14.4 Å². The van der Waals surface area contributed by atoms with Crippen LogP contribution < -0.4 is 5.32 Å². The fourth-order valence-electron chi connectivity index (χ4n) is 6.06. The Kier molecular flexibility index (Phi) is 3.14. The van der Waals surface area contributed by atoms with E-state index in [0.717, 1.165) is 31.3 Å². The van der Waals surface area contributed by atoms with Crippen LogP contribution in [0, 0.1) is 23.2 Å². The van der Waals surface area contributed by atoms with E-state index in [1.807, 2.05) is 0 Å². The SMILES string of the molecule is C[C@]12CCC(=O)C=C1C(=O)C[C@@H]1[C@@H]2CC[C@]2(C)NC(=O)CC[C@@H]12. The molecule has 2 saturated carbocycles. The highest BCUT2D eigenvalue weighted by molar-refractivity contribution is 6.05. The Balaban J connectivity index is 1.72. The van der Waals surface area contributed by atoms with E-state index >= 15 is 0 Å². The molecule has 3 aliphatic carbocycles. The van der Waals surface area contributed by atoms with Crippen LogP contribution in [-0.2, 0) is 14.4 Å². The van der Waals surface area contributed by atoms with Gasteiger partial charge in [0.15, 0.2) is 11.6 Å². The Morgan fingerprint density at radius 2 is 1.83 bits per heavy atom. The van der Waals surface area contributed by atoms with Crippen molar-refractivity contribution >= 4 is 17.5 Å². The lowest BCUT2D eigenvalue weighted by Gasteiger charge is -2.59. The lowest BCUT2D eigenvalue weighted by molar-refractivity contribution is -0.137. The largest absolute Gasteiger partial charge is 0.351 e. The smallest absolute Gasteiger partial charge is 0.220 e. The van der Waals surface area contributed by atoms with Gasteiger partial charge >= 0.3 is 0 Å². The quantitative estimate of drug-likeness (QED) is 0.747. The van der Waals surface area contributed by atoms with Gasteiger partial charge < -0.3 is 5.32 Å². The average molecular weight is 315 g/mol. The van der Waals surface area contributed by atoms with Crippen LogP contribution in [0.15, 0.2) is 11.6 Å². The summed E-state index contributed by atoms with van der Waals surface area (Å²) in [4.78, 5) is 36.4. The lowest BCUT2D eigenvalue weighted by atomic mass is 9.47. The molecule has 4 heteroatoms. The van der Waals surface area contributed by atoms with Crippen LogP contribution in [0.1, 0.15) is 58.8 Å². The van der Waals surface area contributed by atoms with Crippen LogP contribution in [0.25, 0.3) is 0 Å². The molecule has 5 atom stereocenters. The third kappa shape index (κ3) is 2.06. The maximum atomic E-state index is 12.8. The molecule has 1 heterocycles. The Hall–Kier alpha value is -1.45. The van der Waals surface area contributed by atoms with Crippen molar-refractivity contribution in [1.82, 2.24) is 5.32 Å². The first-order valence-corrected chi connectivity index (χ1v) is 8.93. The molecule has 0 aromatic rings. The summed E-state index contributed by atoms with van der Waals surface area (Å²) in [6, 6.07) is 0. The van der Waals surface area contributed by atoms with Gasteiger partial charge in [0.2, 0.25) is 5.91 Å². The van der Waals surface area contributed by atoms with E-state index in [-0.39, 0.29) is 28.4 Å². The summed E-state index contributed by atoms with van der Waals surface area (Å²) in [5.74, 6) is 1.63. The molecular formula is C19H25NO3. The molecule has 1 amide bonds.